The number of carboxylic acids is 1. The Balaban J connectivity index is 1.14. The maximum atomic E-state index is 13.4. The van der Waals surface area contributed by atoms with Crippen molar-refractivity contribution in [2.45, 2.75) is 108 Å². The number of nitrogens with two attached hydrogens (primary N) is 1. The number of nitrogens with one attached hydrogen (secondary N) is 2. The number of methoxy groups -OCH3 is 1. The molecule has 0 radical (unpaired) electrons. The number of benzene rings is 1. The van der Waals surface area contributed by atoms with Gasteiger partial charge in [0, 0.05) is 43.8 Å². The van der Waals surface area contributed by atoms with Crippen LogP contribution in [0.5, 0.6) is 5.75 Å². The lowest BCUT2D eigenvalue weighted by molar-refractivity contribution is -0.139. The van der Waals surface area contributed by atoms with E-state index in [9.17, 15) is 19.5 Å². The third-order valence-corrected chi connectivity index (χ3v) is 10.9. The Morgan fingerprint density at radius 2 is 1.85 bits per heavy atom. The number of carboxylic acid groups (broad SMARTS) is 1. The Morgan fingerprint density at radius 1 is 1.12 bits per heavy atom. The monoisotopic (exact) mass is 662 g/mol. The molecule has 1 saturated heterocycles. The number of aromatic nitrogens is 2. The highest BCUT2D eigenvalue weighted by Gasteiger charge is 2.41. The number of anilines is 4. The first kappa shape index (κ1) is 33.9. The van der Waals surface area contributed by atoms with Gasteiger partial charge < -0.3 is 36.0 Å². The largest absolute Gasteiger partial charge is 0.495 e. The number of hydrogen-bond donors (Lipinski definition) is 4. The summed E-state index contributed by atoms with van der Waals surface area (Å²) < 4.78 is 5.69. The molecule has 5 N–H and O–H groups in total. The number of aliphatic carboxylic acids is 1. The van der Waals surface area contributed by atoms with E-state index >= 15 is 0 Å². The van der Waals surface area contributed by atoms with Crippen molar-refractivity contribution in [2.24, 2.45) is 11.7 Å². The Hall–Kier alpha value is -3.97. The number of amides is 2. The first-order valence-electron chi connectivity index (χ1n) is 17.6. The van der Waals surface area contributed by atoms with Crippen LogP contribution in [-0.2, 0) is 9.59 Å². The van der Waals surface area contributed by atoms with E-state index in [0.717, 1.165) is 57.3 Å². The summed E-state index contributed by atoms with van der Waals surface area (Å²) in [6.45, 7) is 3.51. The minimum atomic E-state index is -0.965. The molecule has 260 valence electrons. The number of nitrogens with zero attached hydrogens (tertiary/aromatic N) is 5. The Morgan fingerprint density at radius 3 is 2.54 bits per heavy atom. The molecule has 1 aromatic heterocycles. The van der Waals surface area contributed by atoms with Gasteiger partial charge in [0.2, 0.25) is 11.9 Å². The van der Waals surface area contributed by atoms with Crippen molar-refractivity contribution in [3.63, 3.8) is 0 Å². The minimum absolute atomic E-state index is 0.0464. The molecule has 2 aliphatic heterocycles. The summed E-state index contributed by atoms with van der Waals surface area (Å²) in [5, 5.41) is 15.9. The summed E-state index contributed by atoms with van der Waals surface area (Å²) in [5.41, 5.74) is 7.77. The molecule has 0 spiro atoms. The van der Waals surface area contributed by atoms with E-state index in [0.29, 0.717) is 53.9 Å². The van der Waals surface area contributed by atoms with Crippen molar-refractivity contribution in [2.75, 3.05) is 42.4 Å². The van der Waals surface area contributed by atoms with Gasteiger partial charge in [-0.3, -0.25) is 19.3 Å². The first-order valence-corrected chi connectivity index (χ1v) is 17.6. The zero-order chi connectivity index (χ0) is 33.9. The summed E-state index contributed by atoms with van der Waals surface area (Å²) in [6.07, 6.45) is 12.5. The van der Waals surface area contributed by atoms with Crippen LogP contribution in [0.3, 0.4) is 0 Å². The van der Waals surface area contributed by atoms with E-state index in [2.05, 4.69) is 25.4 Å². The van der Waals surface area contributed by atoms with E-state index in [1.54, 1.807) is 43.5 Å². The van der Waals surface area contributed by atoms with Gasteiger partial charge in [-0.2, -0.15) is 4.98 Å². The van der Waals surface area contributed by atoms with Crippen LogP contribution in [0.25, 0.3) is 0 Å². The standard InChI is InChI=1S/C35H50N8O5/c1-4-27-33(45)41(2)29-19-37-35(40-31(29)43(27)24-11-7-8-12-24)39-26-14-13-22(17-30(26)48-3)32(44)38-23-15-16-42(20-23)28(18-25(36)34(46)47)21-9-5-6-10-21/h13-14,17,19,21,23-25,27-28H,4-12,15-16,18,20,36H2,1-3H3,(H,38,44)(H,46,47)(H,37,39,40)/t23?,25-,27+,28?/m0/s1. The van der Waals surface area contributed by atoms with Crippen LogP contribution < -0.4 is 30.9 Å². The second-order valence-corrected chi connectivity index (χ2v) is 13.9. The van der Waals surface area contributed by atoms with Crippen LogP contribution >= 0.6 is 0 Å². The zero-order valence-corrected chi connectivity index (χ0v) is 28.4. The molecular formula is C35H50N8O5. The summed E-state index contributed by atoms with van der Waals surface area (Å²) in [7, 11) is 3.34. The van der Waals surface area contributed by atoms with Crippen LogP contribution in [0.4, 0.5) is 23.1 Å². The molecule has 2 aliphatic carbocycles. The van der Waals surface area contributed by atoms with Gasteiger partial charge in [0.25, 0.3) is 5.91 Å². The van der Waals surface area contributed by atoms with Crippen molar-refractivity contribution >= 4 is 40.9 Å². The number of carbonyl (C=O) groups excluding carboxylic acids is 2. The van der Waals surface area contributed by atoms with Crippen molar-refractivity contribution in [1.82, 2.24) is 20.2 Å². The van der Waals surface area contributed by atoms with Gasteiger partial charge in [-0.1, -0.05) is 32.6 Å². The van der Waals surface area contributed by atoms with Gasteiger partial charge in [0.05, 0.1) is 19.0 Å². The average Bonchev–Trinajstić information content (AvgIpc) is 3.89. The predicted octanol–water partition coefficient (Wildman–Crippen LogP) is 3.90. The van der Waals surface area contributed by atoms with Crippen molar-refractivity contribution in [3.8, 4) is 5.75 Å². The summed E-state index contributed by atoms with van der Waals surface area (Å²) >= 11 is 0. The molecule has 2 unspecified atom stereocenters. The lowest BCUT2D eigenvalue weighted by Crippen LogP contribution is -2.55. The fourth-order valence-electron chi connectivity index (χ4n) is 8.32. The second-order valence-electron chi connectivity index (χ2n) is 13.9. The summed E-state index contributed by atoms with van der Waals surface area (Å²) in [4.78, 5) is 53.9. The number of likely N-dealkylation sites (tertiary alicyclic amines) is 1. The maximum absolute atomic E-state index is 13.4. The molecule has 2 aromatic rings. The van der Waals surface area contributed by atoms with E-state index in [1.807, 2.05) is 6.92 Å². The van der Waals surface area contributed by atoms with Crippen LogP contribution in [-0.4, -0.2) is 95.2 Å². The predicted molar refractivity (Wildman–Crippen MR) is 184 cm³/mol. The molecule has 3 fully saturated rings. The molecule has 4 atom stereocenters. The van der Waals surface area contributed by atoms with Crippen LogP contribution in [0.2, 0.25) is 0 Å². The van der Waals surface area contributed by atoms with Gasteiger partial charge in [0.15, 0.2) is 5.82 Å². The highest BCUT2D eigenvalue weighted by molar-refractivity contribution is 6.04. The molecule has 13 heteroatoms. The second kappa shape index (κ2) is 14.7. The molecule has 4 aliphatic rings. The quantitative estimate of drug-likeness (QED) is 0.260. The maximum Gasteiger partial charge on any atom is 0.320 e. The van der Waals surface area contributed by atoms with Gasteiger partial charge in [-0.15, -0.1) is 0 Å². The molecule has 48 heavy (non-hydrogen) atoms. The number of fused-ring (bicyclic) bond motifs is 1. The number of ether oxygens (including phenoxy) is 1. The number of likely N-dealkylation sites (N-methyl/N-ethyl adjacent to an activating group) is 1. The van der Waals surface area contributed by atoms with E-state index < -0.39 is 12.0 Å². The van der Waals surface area contributed by atoms with E-state index in [1.165, 1.54) is 12.8 Å². The van der Waals surface area contributed by atoms with Gasteiger partial charge in [0.1, 0.15) is 23.5 Å². The van der Waals surface area contributed by atoms with Crippen molar-refractivity contribution < 1.29 is 24.2 Å². The van der Waals surface area contributed by atoms with E-state index in [4.69, 9.17) is 15.5 Å². The third-order valence-electron chi connectivity index (χ3n) is 10.9. The average molecular weight is 663 g/mol. The van der Waals surface area contributed by atoms with Crippen LogP contribution in [0.1, 0.15) is 87.9 Å². The Kier molecular flexibility index (Phi) is 10.4. The molecule has 0 bridgehead atoms. The molecular weight excluding hydrogens is 612 g/mol. The van der Waals surface area contributed by atoms with Gasteiger partial charge in [-0.25, -0.2) is 4.98 Å². The lowest BCUT2D eigenvalue weighted by Gasteiger charge is -2.43. The van der Waals surface area contributed by atoms with Crippen molar-refractivity contribution in [1.29, 1.82) is 0 Å². The van der Waals surface area contributed by atoms with Gasteiger partial charge >= 0.3 is 5.97 Å². The fourth-order valence-corrected chi connectivity index (χ4v) is 8.32. The number of rotatable bonds is 12. The third kappa shape index (κ3) is 6.93. The molecule has 2 saturated carbocycles. The number of hydrogen-bond acceptors (Lipinski definition) is 10. The summed E-state index contributed by atoms with van der Waals surface area (Å²) in [5.74, 6) is 0.972. The van der Waals surface area contributed by atoms with E-state index in [-0.39, 0.29) is 36.0 Å². The first-order chi connectivity index (χ1) is 23.2. The minimum Gasteiger partial charge on any atom is -0.495 e. The van der Waals surface area contributed by atoms with Crippen LogP contribution in [0, 0.1) is 5.92 Å². The van der Waals surface area contributed by atoms with Crippen molar-refractivity contribution in [3.05, 3.63) is 30.0 Å². The molecule has 13 nitrogen and oxygen atoms in total. The highest BCUT2D eigenvalue weighted by atomic mass is 16.5. The Bertz CT molecular complexity index is 1490. The molecule has 3 heterocycles. The lowest BCUT2D eigenvalue weighted by atomic mass is 9.91. The fraction of sp³-hybridized carbons (Fsp3) is 0.629. The Labute approximate surface area is 282 Å². The molecule has 2 amide bonds. The number of carbonyl (C=O) groups is 3. The topological polar surface area (TPSA) is 166 Å². The summed E-state index contributed by atoms with van der Waals surface area (Å²) in [6, 6.07) is 4.43. The molecule has 1 aromatic carbocycles. The SMILES string of the molecule is CC[C@@H]1C(=O)N(C)c2cnc(Nc3ccc(C(=O)NC4CCN(C(C[C@H](N)C(=O)O)C5CCCC5)C4)cc3OC)nc2N1C1CCCC1. The van der Waals surface area contributed by atoms with Crippen LogP contribution in [0.15, 0.2) is 24.4 Å². The molecule has 6 rings (SSSR count). The van der Waals surface area contributed by atoms with Gasteiger partial charge in [-0.05, 0) is 69.1 Å². The zero-order valence-electron chi connectivity index (χ0n) is 28.4. The highest BCUT2D eigenvalue weighted by Crippen LogP contribution is 2.40. The normalized spacial score (nSPS) is 23.3. The smallest absolute Gasteiger partial charge is 0.320 e.